The molecule has 0 spiro atoms. The van der Waals surface area contributed by atoms with Gasteiger partial charge >= 0.3 is 0 Å². The zero-order chi connectivity index (χ0) is 18.1. The van der Waals surface area contributed by atoms with E-state index in [-0.39, 0.29) is 12.2 Å². The summed E-state index contributed by atoms with van der Waals surface area (Å²) in [5.41, 5.74) is 2.08. The van der Waals surface area contributed by atoms with Gasteiger partial charge in [-0.2, -0.15) is 5.26 Å². The predicted octanol–water partition coefficient (Wildman–Crippen LogP) is 4.01. The van der Waals surface area contributed by atoms with Gasteiger partial charge in [0.1, 0.15) is 11.6 Å². The van der Waals surface area contributed by atoms with E-state index in [1.54, 1.807) is 6.92 Å². The van der Waals surface area contributed by atoms with Gasteiger partial charge in [0.15, 0.2) is 11.7 Å². The third kappa shape index (κ3) is 2.91. The number of ketones is 1. The van der Waals surface area contributed by atoms with Gasteiger partial charge in [-0.25, -0.2) is 9.97 Å². The number of carbonyl (C=O) groups excluding carboxylic acids is 1. The molecule has 7 heteroatoms. The minimum atomic E-state index is -0.969. The first-order valence-electron chi connectivity index (χ1n) is 8.03. The van der Waals surface area contributed by atoms with E-state index in [4.69, 9.17) is 4.42 Å². The number of carbonyl (C=O) groups is 1. The number of thiophene rings is 1. The van der Waals surface area contributed by atoms with Gasteiger partial charge in [0, 0.05) is 0 Å². The summed E-state index contributed by atoms with van der Waals surface area (Å²) in [5, 5.41) is 11.4. The SMILES string of the molecule is Cc1oc(-c2cccs2)nc1CC(=O)[C@@H](C#N)c1nc2ccccc2[nH]1. The van der Waals surface area contributed by atoms with Crippen LogP contribution in [0.5, 0.6) is 0 Å². The smallest absolute Gasteiger partial charge is 0.236 e. The van der Waals surface area contributed by atoms with Crippen molar-refractivity contribution in [2.75, 3.05) is 0 Å². The van der Waals surface area contributed by atoms with Gasteiger partial charge in [0.2, 0.25) is 5.89 Å². The average Bonchev–Trinajstić information content (AvgIpc) is 3.35. The van der Waals surface area contributed by atoms with E-state index in [0.717, 1.165) is 15.9 Å². The van der Waals surface area contributed by atoms with Crippen LogP contribution in [0.3, 0.4) is 0 Å². The van der Waals surface area contributed by atoms with Crippen LogP contribution in [0, 0.1) is 18.3 Å². The lowest BCUT2D eigenvalue weighted by molar-refractivity contribution is -0.118. The second-order valence-electron chi connectivity index (χ2n) is 5.84. The Bertz CT molecular complexity index is 1090. The maximum absolute atomic E-state index is 12.7. The molecule has 0 bridgehead atoms. The van der Waals surface area contributed by atoms with Crippen molar-refractivity contribution in [1.82, 2.24) is 15.0 Å². The topological polar surface area (TPSA) is 95.6 Å². The fraction of sp³-hybridized carbons (Fsp3) is 0.158. The van der Waals surface area contributed by atoms with Gasteiger partial charge in [0.25, 0.3) is 0 Å². The number of H-pyrrole nitrogens is 1. The first-order valence-corrected chi connectivity index (χ1v) is 8.91. The number of aromatic nitrogens is 3. The number of aryl methyl sites for hydroxylation is 1. The molecule has 0 fully saturated rings. The highest BCUT2D eigenvalue weighted by Crippen LogP contribution is 2.27. The van der Waals surface area contributed by atoms with Crippen LogP contribution >= 0.6 is 11.3 Å². The fourth-order valence-corrected chi connectivity index (χ4v) is 3.41. The third-order valence-corrected chi connectivity index (χ3v) is 4.96. The third-order valence-electron chi connectivity index (χ3n) is 4.10. The number of hydrogen-bond donors (Lipinski definition) is 1. The molecule has 1 N–H and O–H groups in total. The Morgan fingerprint density at radius 3 is 2.88 bits per heavy atom. The number of nitrogens with one attached hydrogen (secondary N) is 1. The summed E-state index contributed by atoms with van der Waals surface area (Å²) < 4.78 is 5.67. The van der Waals surface area contributed by atoms with Crippen LogP contribution in [0.25, 0.3) is 21.8 Å². The Morgan fingerprint density at radius 2 is 2.15 bits per heavy atom. The van der Waals surface area contributed by atoms with Crippen molar-refractivity contribution in [1.29, 1.82) is 5.26 Å². The summed E-state index contributed by atoms with van der Waals surface area (Å²) >= 11 is 1.52. The fourth-order valence-electron chi connectivity index (χ4n) is 2.76. The highest BCUT2D eigenvalue weighted by atomic mass is 32.1. The average molecular weight is 362 g/mol. The number of nitriles is 1. The highest BCUT2D eigenvalue weighted by molar-refractivity contribution is 7.13. The number of rotatable bonds is 5. The second-order valence-corrected chi connectivity index (χ2v) is 6.79. The molecule has 26 heavy (non-hydrogen) atoms. The maximum atomic E-state index is 12.7. The molecule has 4 aromatic rings. The summed E-state index contributed by atoms with van der Waals surface area (Å²) in [5.74, 6) is 0.211. The molecule has 0 aliphatic heterocycles. The van der Waals surface area contributed by atoms with Crippen LogP contribution in [0.15, 0.2) is 46.2 Å². The van der Waals surface area contributed by atoms with Gasteiger partial charge in [-0.05, 0) is 30.5 Å². The van der Waals surface area contributed by atoms with Crippen LogP contribution in [0.2, 0.25) is 0 Å². The number of Topliss-reactive ketones (excluding diaryl/α,β-unsaturated/α-hetero) is 1. The Kier molecular flexibility index (Phi) is 4.11. The molecule has 0 saturated heterocycles. The Labute approximate surface area is 153 Å². The van der Waals surface area contributed by atoms with Crippen molar-refractivity contribution in [2.45, 2.75) is 19.3 Å². The summed E-state index contributed by atoms with van der Waals surface area (Å²) in [6.07, 6.45) is 0.0238. The molecule has 3 heterocycles. The predicted molar refractivity (Wildman–Crippen MR) is 97.7 cm³/mol. The van der Waals surface area contributed by atoms with E-state index >= 15 is 0 Å². The van der Waals surface area contributed by atoms with E-state index in [9.17, 15) is 10.1 Å². The zero-order valence-electron chi connectivity index (χ0n) is 13.9. The molecule has 0 amide bonds. The summed E-state index contributed by atoms with van der Waals surface area (Å²) in [7, 11) is 0. The van der Waals surface area contributed by atoms with E-state index in [0.29, 0.717) is 23.2 Å². The molecular formula is C19H14N4O2S. The van der Waals surface area contributed by atoms with Crippen LogP contribution in [-0.2, 0) is 11.2 Å². The second kappa shape index (κ2) is 6.58. The van der Waals surface area contributed by atoms with Crippen molar-refractivity contribution in [3.63, 3.8) is 0 Å². The molecule has 128 valence electrons. The Hall–Kier alpha value is -3.24. The number of imidazole rings is 1. The lowest BCUT2D eigenvalue weighted by Gasteiger charge is -2.03. The van der Waals surface area contributed by atoms with Gasteiger partial charge in [0.05, 0.1) is 34.1 Å². The van der Waals surface area contributed by atoms with E-state index in [1.165, 1.54) is 11.3 Å². The maximum Gasteiger partial charge on any atom is 0.236 e. The number of aromatic amines is 1. The first-order chi connectivity index (χ1) is 12.7. The van der Waals surface area contributed by atoms with Crippen LogP contribution in [0.1, 0.15) is 23.2 Å². The summed E-state index contributed by atoms with van der Waals surface area (Å²) in [4.78, 5) is 25.5. The molecule has 0 aliphatic rings. The number of para-hydroxylation sites is 2. The minimum absolute atomic E-state index is 0.0238. The van der Waals surface area contributed by atoms with Gasteiger partial charge in [-0.15, -0.1) is 11.3 Å². The number of benzene rings is 1. The van der Waals surface area contributed by atoms with E-state index in [1.807, 2.05) is 41.8 Å². The van der Waals surface area contributed by atoms with Crippen LogP contribution in [-0.4, -0.2) is 20.7 Å². The molecule has 0 unspecified atom stereocenters. The van der Waals surface area contributed by atoms with Crippen molar-refractivity contribution in [2.24, 2.45) is 0 Å². The van der Waals surface area contributed by atoms with Crippen LogP contribution in [0.4, 0.5) is 0 Å². The molecule has 4 rings (SSSR count). The number of oxazole rings is 1. The molecule has 3 aromatic heterocycles. The highest BCUT2D eigenvalue weighted by Gasteiger charge is 2.26. The van der Waals surface area contributed by atoms with E-state index in [2.05, 4.69) is 21.0 Å². The van der Waals surface area contributed by atoms with E-state index < -0.39 is 5.92 Å². The first kappa shape index (κ1) is 16.2. The monoisotopic (exact) mass is 362 g/mol. The molecule has 0 saturated carbocycles. The molecule has 0 radical (unpaired) electrons. The quantitative estimate of drug-likeness (QED) is 0.579. The molecule has 1 atom stereocenters. The van der Waals surface area contributed by atoms with Crippen molar-refractivity contribution in [3.8, 4) is 16.8 Å². The number of fused-ring (bicyclic) bond motifs is 1. The normalized spacial score (nSPS) is 12.2. The molecule has 1 aromatic carbocycles. The van der Waals surface area contributed by atoms with Gasteiger partial charge < -0.3 is 9.40 Å². The summed E-state index contributed by atoms with van der Waals surface area (Å²) in [6.45, 7) is 1.77. The molecule has 0 aliphatic carbocycles. The van der Waals surface area contributed by atoms with Crippen molar-refractivity contribution in [3.05, 3.63) is 59.1 Å². The molecule has 6 nitrogen and oxygen atoms in total. The lowest BCUT2D eigenvalue weighted by atomic mass is 10.0. The van der Waals surface area contributed by atoms with Crippen molar-refractivity contribution >= 4 is 28.2 Å². The molecular weight excluding hydrogens is 348 g/mol. The number of hydrogen-bond acceptors (Lipinski definition) is 6. The van der Waals surface area contributed by atoms with Crippen molar-refractivity contribution < 1.29 is 9.21 Å². The van der Waals surface area contributed by atoms with Gasteiger partial charge in [-0.1, -0.05) is 18.2 Å². The largest absolute Gasteiger partial charge is 0.440 e. The lowest BCUT2D eigenvalue weighted by Crippen LogP contribution is -2.15. The zero-order valence-corrected chi connectivity index (χ0v) is 14.7. The Balaban J connectivity index is 1.59. The summed E-state index contributed by atoms with van der Waals surface area (Å²) in [6, 6.07) is 13.3. The van der Waals surface area contributed by atoms with Crippen LogP contribution < -0.4 is 0 Å². The Morgan fingerprint density at radius 1 is 1.31 bits per heavy atom. The number of nitrogens with zero attached hydrogens (tertiary/aromatic N) is 3. The minimum Gasteiger partial charge on any atom is -0.440 e. The van der Waals surface area contributed by atoms with Gasteiger partial charge in [-0.3, -0.25) is 4.79 Å². The standard InChI is InChI=1S/C19H14N4O2S/c1-11-15(23-19(25-11)17-7-4-8-26-17)9-16(24)12(10-20)18-21-13-5-2-3-6-14(13)22-18/h2-8,12H,9H2,1H3,(H,21,22)/t12-/m1/s1.